The molecule has 2 N–H and O–H groups in total. The molecule has 0 saturated carbocycles. The predicted octanol–water partition coefficient (Wildman–Crippen LogP) is 3.29. The van der Waals surface area contributed by atoms with Gasteiger partial charge in [-0.3, -0.25) is 4.79 Å². The molecule has 0 heterocycles. The van der Waals surface area contributed by atoms with E-state index in [1.807, 2.05) is 38.1 Å². The Bertz CT molecular complexity index is 558. The first-order valence-corrected chi connectivity index (χ1v) is 6.20. The lowest BCUT2D eigenvalue weighted by Crippen LogP contribution is -2.16. The number of aryl methyl sites for hydroxylation is 1. The van der Waals surface area contributed by atoms with Crippen molar-refractivity contribution in [3.8, 4) is 5.75 Å². The zero-order chi connectivity index (χ0) is 13.8. The van der Waals surface area contributed by atoms with E-state index in [1.165, 1.54) is 0 Å². The number of rotatable bonds is 3. The number of carbonyl (C=O) groups excluding carboxylic acids is 1. The Morgan fingerprint density at radius 2 is 1.63 bits per heavy atom. The monoisotopic (exact) mass is 255 g/mol. The summed E-state index contributed by atoms with van der Waals surface area (Å²) in [5.41, 5.74) is 8.33. The molecule has 0 radical (unpaired) electrons. The molecule has 3 nitrogen and oxygen atoms in total. The van der Waals surface area contributed by atoms with Gasteiger partial charge in [0.05, 0.1) is 5.92 Å². The Balaban J connectivity index is 2.07. The van der Waals surface area contributed by atoms with Gasteiger partial charge in [-0.25, -0.2) is 0 Å². The highest BCUT2D eigenvalue weighted by molar-refractivity contribution is 5.80. The number of nitrogen functional groups attached to an aromatic ring is 1. The number of esters is 1. The van der Waals surface area contributed by atoms with Gasteiger partial charge in [-0.05, 0) is 43.7 Å². The van der Waals surface area contributed by atoms with Crippen LogP contribution in [0.25, 0.3) is 0 Å². The van der Waals surface area contributed by atoms with Crippen LogP contribution in [0.15, 0.2) is 48.5 Å². The lowest BCUT2D eigenvalue weighted by Gasteiger charge is -2.12. The van der Waals surface area contributed by atoms with Gasteiger partial charge in [0.15, 0.2) is 0 Å². The van der Waals surface area contributed by atoms with Crippen LogP contribution in [0.3, 0.4) is 0 Å². The number of anilines is 1. The van der Waals surface area contributed by atoms with E-state index in [1.54, 1.807) is 24.3 Å². The lowest BCUT2D eigenvalue weighted by molar-refractivity contribution is -0.135. The second kappa shape index (κ2) is 5.57. The molecule has 0 aromatic heterocycles. The minimum absolute atomic E-state index is 0.270. The molecule has 0 amide bonds. The molecule has 2 aromatic carbocycles. The average Bonchev–Trinajstić information content (AvgIpc) is 2.41. The molecule has 0 aliphatic heterocycles. The van der Waals surface area contributed by atoms with Crippen molar-refractivity contribution in [2.24, 2.45) is 0 Å². The summed E-state index contributed by atoms with van der Waals surface area (Å²) in [4.78, 5) is 12.0. The summed E-state index contributed by atoms with van der Waals surface area (Å²) in [6, 6.07) is 14.7. The van der Waals surface area contributed by atoms with E-state index in [0.717, 1.165) is 11.1 Å². The van der Waals surface area contributed by atoms with Gasteiger partial charge < -0.3 is 10.5 Å². The molecule has 0 spiro atoms. The highest BCUT2D eigenvalue weighted by atomic mass is 16.5. The largest absolute Gasteiger partial charge is 0.426 e. The molecule has 1 unspecified atom stereocenters. The number of ether oxygens (including phenoxy) is 1. The van der Waals surface area contributed by atoms with Crippen LogP contribution in [-0.4, -0.2) is 5.97 Å². The molecule has 2 aromatic rings. The summed E-state index contributed by atoms with van der Waals surface area (Å²) in [6.07, 6.45) is 0. The van der Waals surface area contributed by atoms with Gasteiger partial charge in [0.2, 0.25) is 0 Å². The highest BCUT2D eigenvalue weighted by Crippen LogP contribution is 2.20. The minimum Gasteiger partial charge on any atom is -0.426 e. The fourth-order valence-electron chi connectivity index (χ4n) is 1.73. The molecule has 0 aliphatic carbocycles. The smallest absolute Gasteiger partial charge is 0.318 e. The molecule has 98 valence electrons. The summed E-state index contributed by atoms with van der Waals surface area (Å²) in [5, 5.41) is 0. The van der Waals surface area contributed by atoms with Crippen molar-refractivity contribution in [2.45, 2.75) is 19.8 Å². The summed E-state index contributed by atoms with van der Waals surface area (Å²) >= 11 is 0. The second-order valence-electron chi connectivity index (χ2n) is 4.62. The predicted molar refractivity (Wildman–Crippen MR) is 76.1 cm³/mol. The fourth-order valence-corrected chi connectivity index (χ4v) is 1.73. The summed E-state index contributed by atoms with van der Waals surface area (Å²) in [6.45, 7) is 3.81. The van der Waals surface area contributed by atoms with Crippen LogP contribution >= 0.6 is 0 Å². The van der Waals surface area contributed by atoms with Crippen molar-refractivity contribution in [2.75, 3.05) is 5.73 Å². The fraction of sp³-hybridized carbons (Fsp3) is 0.188. The molecule has 0 bridgehead atoms. The number of benzene rings is 2. The number of hydrogen-bond donors (Lipinski definition) is 1. The van der Waals surface area contributed by atoms with Crippen molar-refractivity contribution in [1.29, 1.82) is 0 Å². The molecule has 2 rings (SSSR count). The van der Waals surface area contributed by atoms with Crippen LogP contribution in [0, 0.1) is 6.92 Å². The van der Waals surface area contributed by atoms with Gasteiger partial charge >= 0.3 is 5.97 Å². The van der Waals surface area contributed by atoms with Crippen LogP contribution < -0.4 is 10.5 Å². The van der Waals surface area contributed by atoms with Crippen LogP contribution in [0.1, 0.15) is 24.0 Å². The van der Waals surface area contributed by atoms with Crippen molar-refractivity contribution in [3.05, 3.63) is 59.7 Å². The Hall–Kier alpha value is -2.29. The Morgan fingerprint density at radius 1 is 1.05 bits per heavy atom. The first-order chi connectivity index (χ1) is 9.06. The van der Waals surface area contributed by atoms with Crippen LogP contribution in [0.2, 0.25) is 0 Å². The van der Waals surface area contributed by atoms with Gasteiger partial charge in [-0.15, -0.1) is 0 Å². The molecule has 0 saturated heterocycles. The standard InChI is InChI=1S/C16H17NO2/c1-11-3-9-15(10-4-11)19-16(18)12(2)13-5-7-14(17)8-6-13/h3-10,12H,17H2,1-2H3. The number of carbonyl (C=O) groups is 1. The topological polar surface area (TPSA) is 52.3 Å². The van der Waals surface area contributed by atoms with Crippen molar-refractivity contribution < 1.29 is 9.53 Å². The van der Waals surface area contributed by atoms with E-state index in [2.05, 4.69) is 0 Å². The Kier molecular flexibility index (Phi) is 3.85. The summed E-state index contributed by atoms with van der Waals surface area (Å²) in [7, 11) is 0. The Morgan fingerprint density at radius 3 is 2.21 bits per heavy atom. The molecule has 1 atom stereocenters. The van der Waals surface area contributed by atoms with Gasteiger partial charge in [0, 0.05) is 5.69 Å². The zero-order valence-corrected chi connectivity index (χ0v) is 11.1. The third-order valence-corrected chi connectivity index (χ3v) is 3.03. The van der Waals surface area contributed by atoms with E-state index in [-0.39, 0.29) is 11.9 Å². The van der Waals surface area contributed by atoms with E-state index >= 15 is 0 Å². The molecular formula is C16H17NO2. The van der Waals surface area contributed by atoms with E-state index in [0.29, 0.717) is 11.4 Å². The first kappa shape index (κ1) is 13.1. The maximum atomic E-state index is 12.0. The zero-order valence-electron chi connectivity index (χ0n) is 11.1. The third kappa shape index (κ3) is 3.35. The van der Waals surface area contributed by atoms with Gasteiger partial charge in [0.25, 0.3) is 0 Å². The maximum absolute atomic E-state index is 12.0. The average molecular weight is 255 g/mol. The quantitative estimate of drug-likeness (QED) is 0.520. The molecule has 3 heteroatoms. The second-order valence-corrected chi connectivity index (χ2v) is 4.62. The molecule has 0 fully saturated rings. The van der Waals surface area contributed by atoms with Crippen molar-refractivity contribution in [3.63, 3.8) is 0 Å². The van der Waals surface area contributed by atoms with Crippen molar-refractivity contribution >= 4 is 11.7 Å². The Labute approximate surface area is 113 Å². The van der Waals surface area contributed by atoms with Crippen LogP contribution in [0.5, 0.6) is 5.75 Å². The first-order valence-electron chi connectivity index (χ1n) is 6.20. The number of nitrogens with two attached hydrogens (primary N) is 1. The molecular weight excluding hydrogens is 238 g/mol. The van der Waals surface area contributed by atoms with Crippen LogP contribution in [-0.2, 0) is 4.79 Å². The summed E-state index contributed by atoms with van der Waals surface area (Å²) < 4.78 is 5.35. The van der Waals surface area contributed by atoms with E-state index < -0.39 is 0 Å². The van der Waals surface area contributed by atoms with Gasteiger partial charge in [0.1, 0.15) is 5.75 Å². The van der Waals surface area contributed by atoms with Gasteiger partial charge in [-0.2, -0.15) is 0 Å². The molecule has 19 heavy (non-hydrogen) atoms. The number of hydrogen-bond acceptors (Lipinski definition) is 3. The highest BCUT2D eigenvalue weighted by Gasteiger charge is 2.17. The van der Waals surface area contributed by atoms with Crippen molar-refractivity contribution in [1.82, 2.24) is 0 Å². The molecule has 0 aliphatic rings. The lowest BCUT2D eigenvalue weighted by atomic mass is 10.0. The third-order valence-electron chi connectivity index (χ3n) is 3.03. The van der Waals surface area contributed by atoms with Gasteiger partial charge in [-0.1, -0.05) is 29.8 Å². The van der Waals surface area contributed by atoms with E-state index in [4.69, 9.17) is 10.5 Å². The minimum atomic E-state index is -0.318. The maximum Gasteiger partial charge on any atom is 0.318 e. The SMILES string of the molecule is Cc1ccc(OC(=O)C(C)c2ccc(N)cc2)cc1. The normalized spacial score (nSPS) is 11.9. The van der Waals surface area contributed by atoms with Crippen LogP contribution in [0.4, 0.5) is 5.69 Å². The van der Waals surface area contributed by atoms with E-state index in [9.17, 15) is 4.79 Å². The summed E-state index contributed by atoms with van der Waals surface area (Å²) in [5.74, 6) is -0.0200.